The summed E-state index contributed by atoms with van der Waals surface area (Å²) in [7, 11) is 0. The van der Waals surface area contributed by atoms with Crippen LogP contribution in [0.4, 0.5) is 0 Å². The molecule has 0 aliphatic heterocycles. The minimum atomic E-state index is -2.06. The molecule has 5 heteroatoms. The number of hydrogen-bond donors (Lipinski definition) is 3. The van der Waals surface area contributed by atoms with Crippen molar-refractivity contribution in [2.45, 2.75) is 18.0 Å². The van der Waals surface area contributed by atoms with Gasteiger partial charge in [-0.1, -0.05) is 11.6 Å². The second kappa shape index (κ2) is 2.51. The van der Waals surface area contributed by atoms with Crippen LogP contribution in [-0.4, -0.2) is 27.3 Å². The van der Waals surface area contributed by atoms with Gasteiger partial charge in [-0.15, -0.1) is 0 Å². The van der Waals surface area contributed by atoms with Gasteiger partial charge in [-0.25, -0.2) is 4.79 Å². The molecule has 0 radical (unpaired) electrons. The van der Waals surface area contributed by atoms with Crippen LogP contribution in [0.5, 0.6) is 0 Å². The van der Waals surface area contributed by atoms with Crippen molar-refractivity contribution in [3.8, 4) is 0 Å². The highest BCUT2D eigenvalue weighted by Gasteiger charge is 2.36. The molecule has 0 aromatic heterocycles. The van der Waals surface area contributed by atoms with Gasteiger partial charge < -0.3 is 15.9 Å². The van der Waals surface area contributed by atoms with Gasteiger partial charge in [-0.05, 0) is 6.92 Å². The molecule has 0 aliphatic carbocycles. The molecule has 2 atom stereocenters. The van der Waals surface area contributed by atoms with Gasteiger partial charge >= 0.3 is 5.97 Å². The molecule has 4 nitrogen and oxygen atoms in total. The zero-order chi connectivity index (χ0) is 7.65. The first kappa shape index (κ1) is 8.68. The van der Waals surface area contributed by atoms with Crippen molar-refractivity contribution in [3.05, 3.63) is 0 Å². The predicted octanol–water partition coefficient (Wildman–Crippen LogP) is -0.654. The summed E-state index contributed by atoms with van der Waals surface area (Å²) in [5.41, 5.74) is 4.92. The molecule has 9 heavy (non-hydrogen) atoms. The summed E-state index contributed by atoms with van der Waals surface area (Å²) in [4.78, 5) is 7.99. The highest BCUT2D eigenvalue weighted by molar-refractivity contribution is 6.33. The summed E-state index contributed by atoms with van der Waals surface area (Å²) in [6.45, 7) is 1.21. The van der Waals surface area contributed by atoms with Gasteiger partial charge in [-0.3, -0.25) is 0 Å². The topological polar surface area (TPSA) is 83.5 Å². The largest absolute Gasteiger partial charge is 0.479 e. The van der Waals surface area contributed by atoms with Gasteiger partial charge in [0.05, 0.1) is 6.10 Å². The molecule has 0 bridgehead atoms. The Labute approximate surface area is 57.2 Å². The summed E-state index contributed by atoms with van der Waals surface area (Å²) >= 11 is 5.13. The number of rotatable bonds is 2. The summed E-state index contributed by atoms with van der Waals surface area (Å²) in [5, 5.41) is 16.8. The monoisotopic (exact) mass is 153 g/mol. The standard InChI is InChI=1S/C4H8ClNO3/c1-2(7)4(5,6)3(8)9/h2,7H,6H2,1H3,(H,8,9). The Kier molecular flexibility index (Phi) is 2.42. The fourth-order valence-corrected chi connectivity index (χ4v) is 0.179. The molecule has 0 aromatic carbocycles. The van der Waals surface area contributed by atoms with Gasteiger partial charge in [-0.2, -0.15) is 0 Å². The first-order valence-electron chi connectivity index (χ1n) is 2.28. The molecule has 0 rings (SSSR count). The molecule has 4 N–H and O–H groups in total. The van der Waals surface area contributed by atoms with Gasteiger partial charge in [0, 0.05) is 0 Å². The number of carboxylic acids is 1. The van der Waals surface area contributed by atoms with Crippen molar-refractivity contribution < 1.29 is 15.0 Å². The lowest BCUT2D eigenvalue weighted by molar-refractivity contribution is -0.143. The molecule has 0 heterocycles. The Balaban J connectivity index is 4.19. The van der Waals surface area contributed by atoms with Crippen molar-refractivity contribution in [2.24, 2.45) is 5.73 Å². The third-order valence-electron chi connectivity index (χ3n) is 0.936. The SMILES string of the molecule is CC(O)C(N)(Cl)C(=O)O. The molecule has 2 unspecified atom stereocenters. The molecule has 0 saturated carbocycles. The minimum absolute atomic E-state index is 1.21. The van der Waals surface area contributed by atoms with E-state index >= 15 is 0 Å². The highest BCUT2D eigenvalue weighted by atomic mass is 35.5. The normalized spacial score (nSPS) is 20.4. The van der Waals surface area contributed by atoms with Crippen LogP contribution >= 0.6 is 11.6 Å². The van der Waals surface area contributed by atoms with Crippen LogP contribution in [0.2, 0.25) is 0 Å². The van der Waals surface area contributed by atoms with Gasteiger partial charge in [0.2, 0.25) is 5.00 Å². The smallest absolute Gasteiger partial charge is 0.342 e. The van der Waals surface area contributed by atoms with Crippen LogP contribution in [0.3, 0.4) is 0 Å². The van der Waals surface area contributed by atoms with Crippen LogP contribution < -0.4 is 5.73 Å². The zero-order valence-corrected chi connectivity index (χ0v) is 5.59. The number of halogens is 1. The van der Waals surface area contributed by atoms with E-state index in [1.54, 1.807) is 0 Å². The Morgan fingerprint density at radius 1 is 1.89 bits per heavy atom. The molecule has 0 fully saturated rings. The van der Waals surface area contributed by atoms with Crippen LogP contribution in [0.1, 0.15) is 6.92 Å². The van der Waals surface area contributed by atoms with E-state index in [1.165, 1.54) is 6.92 Å². The van der Waals surface area contributed by atoms with Crippen molar-refractivity contribution >= 4 is 17.6 Å². The van der Waals surface area contributed by atoms with E-state index in [4.69, 9.17) is 27.5 Å². The third kappa shape index (κ3) is 1.82. The van der Waals surface area contributed by atoms with E-state index in [0.29, 0.717) is 0 Å². The highest BCUT2D eigenvalue weighted by Crippen LogP contribution is 2.11. The maximum absolute atomic E-state index is 10.0. The van der Waals surface area contributed by atoms with Crippen molar-refractivity contribution in [1.29, 1.82) is 0 Å². The fraction of sp³-hybridized carbons (Fsp3) is 0.750. The second-order valence-corrected chi connectivity index (χ2v) is 2.37. The number of aliphatic hydroxyl groups excluding tert-OH is 1. The van der Waals surface area contributed by atoms with E-state index in [0.717, 1.165) is 0 Å². The zero-order valence-electron chi connectivity index (χ0n) is 4.84. The second-order valence-electron chi connectivity index (χ2n) is 1.75. The number of carboxylic acid groups (broad SMARTS) is 1. The maximum atomic E-state index is 10.0. The predicted molar refractivity (Wildman–Crippen MR) is 32.1 cm³/mol. The first-order chi connectivity index (χ1) is 3.89. The van der Waals surface area contributed by atoms with Crippen LogP contribution in [0.25, 0.3) is 0 Å². The Hall–Kier alpha value is -0.320. The molecular formula is C4H8ClNO3. The summed E-state index contributed by atoms with van der Waals surface area (Å²) < 4.78 is 0. The lowest BCUT2D eigenvalue weighted by atomic mass is 10.2. The third-order valence-corrected chi connectivity index (χ3v) is 1.41. The number of hydrogen-bond acceptors (Lipinski definition) is 3. The maximum Gasteiger partial charge on any atom is 0.342 e. The van der Waals surface area contributed by atoms with Gasteiger partial charge in [0.1, 0.15) is 0 Å². The fourth-order valence-electron chi connectivity index (χ4n) is 0.179. The molecule has 0 aromatic rings. The van der Waals surface area contributed by atoms with E-state index in [9.17, 15) is 4.79 Å². The lowest BCUT2D eigenvalue weighted by Gasteiger charge is -2.18. The summed E-state index contributed by atoms with van der Waals surface area (Å²) in [6, 6.07) is 0. The number of aliphatic hydroxyl groups is 1. The first-order valence-corrected chi connectivity index (χ1v) is 2.66. The molecule has 54 valence electrons. The van der Waals surface area contributed by atoms with E-state index < -0.39 is 17.1 Å². The van der Waals surface area contributed by atoms with Crippen molar-refractivity contribution in [3.63, 3.8) is 0 Å². The summed E-state index contributed by atoms with van der Waals surface area (Å²) in [6.07, 6.45) is -1.27. The van der Waals surface area contributed by atoms with E-state index in [1.807, 2.05) is 0 Å². The average Bonchev–Trinajstić information content (AvgIpc) is 1.65. The minimum Gasteiger partial charge on any atom is -0.479 e. The van der Waals surface area contributed by atoms with Crippen LogP contribution in [0, 0.1) is 0 Å². The Morgan fingerprint density at radius 3 is 2.22 bits per heavy atom. The average molecular weight is 154 g/mol. The number of carbonyl (C=O) groups is 1. The van der Waals surface area contributed by atoms with E-state index in [-0.39, 0.29) is 0 Å². The van der Waals surface area contributed by atoms with Crippen LogP contribution in [0.15, 0.2) is 0 Å². The Morgan fingerprint density at radius 2 is 2.22 bits per heavy atom. The van der Waals surface area contributed by atoms with Gasteiger partial charge in [0.25, 0.3) is 0 Å². The lowest BCUT2D eigenvalue weighted by Crippen LogP contribution is -2.51. The quantitative estimate of drug-likeness (QED) is 0.364. The number of aliphatic carboxylic acids is 1. The number of alkyl halides is 1. The van der Waals surface area contributed by atoms with Crippen molar-refractivity contribution in [2.75, 3.05) is 0 Å². The summed E-state index contributed by atoms with van der Waals surface area (Å²) in [5.74, 6) is -1.43. The molecular weight excluding hydrogens is 146 g/mol. The van der Waals surface area contributed by atoms with Gasteiger partial charge in [0.15, 0.2) is 0 Å². The molecule has 0 aliphatic rings. The van der Waals surface area contributed by atoms with E-state index in [2.05, 4.69) is 0 Å². The Bertz CT molecular complexity index is 123. The molecule has 0 saturated heterocycles. The number of nitrogens with two attached hydrogens (primary N) is 1. The molecule has 0 amide bonds. The van der Waals surface area contributed by atoms with Crippen LogP contribution in [-0.2, 0) is 4.79 Å². The molecule has 0 spiro atoms. The van der Waals surface area contributed by atoms with Crippen molar-refractivity contribution in [1.82, 2.24) is 0 Å².